The van der Waals surface area contributed by atoms with Gasteiger partial charge in [-0.15, -0.1) is 0 Å². The largest absolute Gasteiger partial charge is 0.324 e. The SMILES string of the molecule is Cc1cccc(C)c1NC(=O)CN(CCC(=O)n1cnc2ccccc21)C1CC1. The first-order valence-corrected chi connectivity index (χ1v) is 10.1. The first-order chi connectivity index (χ1) is 14.0. The Morgan fingerprint density at radius 1 is 1.10 bits per heavy atom. The Morgan fingerprint density at radius 3 is 2.55 bits per heavy atom. The average molecular weight is 390 g/mol. The van der Waals surface area contributed by atoms with Crippen LogP contribution in [0.15, 0.2) is 48.8 Å². The summed E-state index contributed by atoms with van der Waals surface area (Å²) in [6.45, 7) is 4.86. The topological polar surface area (TPSA) is 67.2 Å². The van der Waals surface area contributed by atoms with Crippen LogP contribution in [0.25, 0.3) is 11.0 Å². The fourth-order valence-electron chi connectivity index (χ4n) is 3.72. The van der Waals surface area contributed by atoms with Gasteiger partial charge in [0.25, 0.3) is 0 Å². The number of aryl methyl sites for hydroxylation is 2. The van der Waals surface area contributed by atoms with E-state index in [1.807, 2.05) is 56.3 Å². The third kappa shape index (κ3) is 4.38. The van der Waals surface area contributed by atoms with Crippen molar-refractivity contribution in [2.75, 3.05) is 18.4 Å². The lowest BCUT2D eigenvalue weighted by Crippen LogP contribution is -2.37. The predicted octanol–water partition coefficient (Wildman–Crippen LogP) is 3.79. The van der Waals surface area contributed by atoms with Crippen LogP contribution in [0.4, 0.5) is 5.69 Å². The molecule has 1 heterocycles. The van der Waals surface area contributed by atoms with E-state index in [1.165, 1.54) is 0 Å². The molecule has 2 aromatic carbocycles. The summed E-state index contributed by atoms with van der Waals surface area (Å²) >= 11 is 0. The van der Waals surface area contributed by atoms with Gasteiger partial charge in [0.2, 0.25) is 11.8 Å². The van der Waals surface area contributed by atoms with E-state index < -0.39 is 0 Å². The number of anilines is 1. The number of rotatable bonds is 7. The summed E-state index contributed by atoms with van der Waals surface area (Å²) in [5, 5.41) is 3.05. The van der Waals surface area contributed by atoms with Crippen molar-refractivity contribution in [1.29, 1.82) is 0 Å². The van der Waals surface area contributed by atoms with Gasteiger partial charge >= 0.3 is 0 Å². The van der Waals surface area contributed by atoms with E-state index in [0.717, 1.165) is 40.7 Å². The molecule has 0 unspecified atom stereocenters. The third-order valence-corrected chi connectivity index (χ3v) is 5.49. The van der Waals surface area contributed by atoms with E-state index >= 15 is 0 Å². The summed E-state index contributed by atoms with van der Waals surface area (Å²) in [5.41, 5.74) is 4.63. The molecule has 1 aliphatic carbocycles. The highest BCUT2D eigenvalue weighted by Gasteiger charge is 2.30. The highest BCUT2D eigenvalue weighted by atomic mass is 16.2. The second kappa shape index (κ2) is 8.17. The maximum atomic E-state index is 12.7. The van der Waals surface area contributed by atoms with Gasteiger partial charge in [-0.05, 0) is 49.9 Å². The van der Waals surface area contributed by atoms with E-state index in [9.17, 15) is 9.59 Å². The molecule has 6 nitrogen and oxygen atoms in total. The molecular formula is C23H26N4O2. The second-order valence-electron chi connectivity index (χ2n) is 7.76. The van der Waals surface area contributed by atoms with Crippen LogP contribution in [0.5, 0.6) is 0 Å². The molecule has 4 rings (SSSR count). The summed E-state index contributed by atoms with van der Waals surface area (Å²) < 4.78 is 1.61. The van der Waals surface area contributed by atoms with Crippen LogP contribution in [-0.4, -0.2) is 45.4 Å². The maximum absolute atomic E-state index is 12.7. The predicted molar refractivity (Wildman–Crippen MR) is 114 cm³/mol. The number of hydrogen-bond donors (Lipinski definition) is 1. The van der Waals surface area contributed by atoms with E-state index in [4.69, 9.17) is 0 Å². The van der Waals surface area contributed by atoms with E-state index in [2.05, 4.69) is 15.2 Å². The number of carbonyl (C=O) groups is 2. The lowest BCUT2D eigenvalue weighted by Gasteiger charge is -2.22. The number of nitrogens with one attached hydrogen (secondary N) is 1. The molecular weight excluding hydrogens is 364 g/mol. The van der Waals surface area contributed by atoms with E-state index in [0.29, 0.717) is 25.6 Å². The summed E-state index contributed by atoms with van der Waals surface area (Å²) in [4.78, 5) is 31.8. The Kier molecular flexibility index (Phi) is 5.45. The molecule has 1 fully saturated rings. The molecule has 1 saturated carbocycles. The lowest BCUT2D eigenvalue weighted by atomic mass is 10.1. The molecule has 0 saturated heterocycles. The Balaban J connectivity index is 1.38. The van der Waals surface area contributed by atoms with Crippen molar-refractivity contribution in [1.82, 2.24) is 14.5 Å². The van der Waals surface area contributed by atoms with Crippen molar-refractivity contribution < 1.29 is 9.59 Å². The first-order valence-electron chi connectivity index (χ1n) is 10.1. The number of carbonyl (C=O) groups excluding carboxylic acids is 2. The van der Waals surface area contributed by atoms with Crippen molar-refractivity contribution >= 4 is 28.5 Å². The van der Waals surface area contributed by atoms with Crippen LogP contribution < -0.4 is 5.32 Å². The second-order valence-corrected chi connectivity index (χ2v) is 7.76. The minimum Gasteiger partial charge on any atom is -0.324 e. The van der Waals surface area contributed by atoms with Gasteiger partial charge in [0.15, 0.2) is 0 Å². The minimum absolute atomic E-state index is 0.000457. The van der Waals surface area contributed by atoms with Gasteiger partial charge in [0, 0.05) is 24.7 Å². The van der Waals surface area contributed by atoms with E-state index in [1.54, 1.807) is 10.9 Å². The molecule has 0 aliphatic heterocycles. The fraction of sp³-hybridized carbons (Fsp3) is 0.348. The maximum Gasteiger partial charge on any atom is 0.238 e. The number of imidazole rings is 1. The smallest absolute Gasteiger partial charge is 0.238 e. The van der Waals surface area contributed by atoms with Gasteiger partial charge in [-0.3, -0.25) is 19.1 Å². The van der Waals surface area contributed by atoms with Crippen molar-refractivity contribution in [2.24, 2.45) is 0 Å². The highest BCUT2D eigenvalue weighted by Crippen LogP contribution is 2.27. The molecule has 6 heteroatoms. The van der Waals surface area contributed by atoms with Gasteiger partial charge < -0.3 is 5.32 Å². The third-order valence-electron chi connectivity index (χ3n) is 5.49. The van der Waals surface area contributed by atoms with Crippen LogP contribution in [-0.2, 0) is 4.79 Å². The van der Waals surface area contributed by atoms with Gasteiger partial charge in [0.05, 0.1) is 17.6 Å². The molecule has 1 amide bonds. The standard InChI is InChI=1S/C23H26N4O2/c1-16-6-5-7-17(2)23(16)25-21(28)14-26(18-10-11-18)13-12-22(29)27-15-24-19-8-3-4-9-20(19)27/h3-9,15,18H,10-14H2,1-2H3,(H,25,28). The molecule has 0 atom stereocenters. The zero-order valence-corrected chi connectivity index (χ0v) is 16.9. The van der Waals surface area contributed by atoms with Crippen molar-refractivity contribution in [2.45, 2.75) is 39.2 Å². The molecule has 0 spiro atoms. The molecule has 1 aliphatic rings. The van der Waals surface area contributed by atoms with Crippen molar-refractivity contribution in [3.63, 3.8) is 0 Å². The number of amides is 1. The molecule has 0 radical (unpaired) electrons. The zero-order chi connectivity index (χ0) is 20.4. The number of aromatic nitrogens is 2. The van der Waals surface area contributed by atoms with Gasteiger partial charge in [-0.2, -0.15) is 0 Å². The average Bonchev–Trinajstić information content (AvgIpc) is 3.46. The van der Waals surface area contributed by atoms with Crippen LogP contribution in [0.2, 0.25) is 0 Å². The van der Waals surface area contributed by atoms with Crippen LogP contribution in [0.1, 0.15) is 35.2 Å². The molecule has 29 heavy (non-hydrogen) atoms. The van der Waals surface area contributed by atoms with Gasteiger partial charge in [-0.1, -0.05) is 30.3 Å². The summed E-state index contributed by atoms with van der Waals surface area (Å²) in [7, 11) is 0. The van der Waals surface area contributed by atoms with Crippen LogP contribution >= 0.6 is 0 Å². The number of nitrogens with zero attached hydrogens (tertiary/aromatic N) is 3. The van der Waals surface area contributed by atoms with Gasteiger partial charge in [-0.25, -0.2) is 4.98 Å². The summed E-state index contributed by atoms with van der Waals surface area (Å²) in [6, 6.07) is 14.0. The molecule has 150 valence electrons. The molecule has 1 N–H and O–H groups in total. The number of benzene rings is 2. The van der Waals surface area contributed by atoms with Crippen molar-refractivity contribution in [3.8, 4) is 0 Å². The van der Waals surface area contributed by atoms with Crippen LogP contribution in [0.3, 0.4) is 0 Å². The lowest BCUT2D eigenvalue weighted by molar-refractivity contribution is -0.117. The molecule has 0 bridgehead atoms. The normalized spacial score (nSPS) is 13.8. The fourth-order valence-corrected chi connectivity index (χ4v) is 3.72. The highest BCUT2D eigenvalue weighted by molar-refractivity contribution is 5.94. The number of fused-ring (bicyclic) bond motifs is 1. The monoisotopic (exact) mass is 390 g/mol. The Labute approximate surface area is 170 Å². The van der Waals surface area contributed by atoms with Gasteiger partial charge in [0.1, 0.15) is 6.33 Å². The number of para-hydroxylation sites is 3. The minimum atomic E-state index is -0.0326. The Hall–Kier alpha value is -2.99. The summed E-state index contributed by atoms with van der Waals surface area (Å²) in [6.07, 6.45) is 4.10. The molecule has 3 aromatic rings. The molecule has 1 aromatic heterocycles. The first kappa shape index (κ1) is 19.3. The van der Waals surface area contributed by atoms with Crippen LogP contribution in [0, 0.1) is 13.8 Å². The van der Waals surface area contributed by atoms with E-state index in [-0.39, 0.29) is 11.8 Å². The van der Waals surface area contributed by atoms with Crippen molar-refractivity contribution in [3.05, 3.63) is 59.9 Å². The summed E-state index contributed by atoms with van der Waals surface area (Å²) in [5.74, 6) is -0.0330. The quantitative estimate of drug-likeness (QED) is 0.667. The number of hydrogen-bond acceptors (Lipinski definition) is 4. The Morgan fingerprint density at radius 2 is 1.83 bits per heavy atom. The zero-order valence-electron chi connectivity index (χ0n) is 16.9. The Bertz CT molecular complexity index is 1030.